The van der Waals surface area contributed by atoms with Crippen LogP contribution in [-0.4, -0.2) is 79.2 Å². The summed E-state index contributed by atoms with van der Waals surface area (Å²) in [5.74, 6) is -1.04. The number of rotatable bonds is 3. The van der Waals surface area contributed by atoms with E-state index in [0.29, 0.717) is 11.1 Å². The summed E-state index contributed by atoms with van der Waals surface area (Å²) in [5.41, 5.74) is 1.37. The van der Waals surface area contributed by atoms with E-state index >= 15 is 0 Å². The molecule has 0 aliphatic carbocycles. The van der Waals surface area contributed by atoms with Gasteiger partial charge in [-0.15, -0.1) is 23.5 Å². The zero-order valence-corrected chi connectivity index (χ0v) is 19.9. The molecule has 0 spiro atoms. The fourth-order valence-electron chi connectivity index (χ4n) is 5.50. The number of ether oxygens (including phenoxy) is 3. The normalized spacial score (nSPS) is 38.7. The van der Waals surface area contributed by atoms with Gasteiger partial charge in [-0.3, -0.25) is 14.4 Å². The highest BCUT2D eigenvalue weighted by Crippen LogP contribution is 2.59. The van der Waals surface area contributed by atoms with Gasteiger partial charge in [-0.05, 0) is 35.8 Å². The van der Waals surface area contributed by atoms with Crippen LogP contribution in [0.15, 0.2) is 48.3 Å². The number of thioether (sulfide) groups is 2. The molecule has 176 valence electrons. The van der Waals surface area contributed by atoms with E-state index in [1.165, 1.54) is 61.6 Å². The average molecular weight is 493 g/mol. The van der Waals surface area contributed by atoms with Gasteiger partial charge >= 0.3 is 5.97 Å². The van der Waals surface area contributed by atoms with Crippen LogP contribution in [-0.2, 0) is 28.6 Å². The number of hydrogen-bond acceptors (Lipinski definition) is 9. The third kappa shape index (κ3) is 2.95. The second-order valence-corrected chi connectivity index (χ2v) is 10.6. The topological polar surface area (TPSA) is 106 Å². The highest BCUT2D eigenvalue weighted by atomic mass is 32.2. The molecule has 33 heavy (non-hydrogen) atoms. The van der Waals surface area contributed by atoms with Crippen molar-refractivity contribution in [3.8, 4) is 0 Å². The molecular formula is C22H24N2O7S2. The highest BCUT2D eigenvalue weighted by molar-refractivity contribution is 8.01. The lowest BCUT2D eigenvalue weighted by Gasteiger charge is -2.54. The Morgan fingerprint density at radius 1 is 1.00 bits per heavy atom. The number of hydrogen-bond donors (Lipinski definition) is 1. The first-order chi connectivity index (χ1) is 15.8. The summed E-state index contributed by atoms with van der Waals surface area (Å²) < 4.78 is 16.4. The minimum Gasteiger partial charge on any atom is -0.473 e. The van der Waals surface area contributed by atoms with Gasteiger partial charge in [0, 0.05) is 19.8 Å². The Bertz CT molecular complexity index is 1040. The maximum absolute atomic E-state index is 14.4. The molecule has 5 aliphatic heterocycles. The Morgan fingerprint density at radius 2 is 1.52 bits per heavy atom. The molecule has 6 atom stereocenters. The van der Waals surface area contributed by atoms with Gasteiger partial charge in [0.15, 0.2) is 9.74 Å². The van der Waals surface area contributed by atoms with Crippen molar-refractivity contribution in [2.75, 3.05) is 12.5 Å². The summed E-state index contributed by atoms with van der Waals surface area (Å²) in [6.07, 6.45) is 11.1. The number of fused-ring (bicyclic) bond motifs is 6. The summed E-state index contributed by atoms with van der Waals surface area (Å²) in [6, 6.07) is -1.39. The molecule has 2 amide bonds. The van der Waals surface area contributed by atoms with Crippen molar-refractivity contribution in [3.63, 3.8) is 0 Å². The molecule has 3 fully saturated rings. The van der Waals surface area contributed by atoms with E-state index in [1.54, 1.807) is 28.4 Å². The Balaban J connectivity index is 1.68. The van der Waals surface area contributed by atoms with Crippen LogP contribution in [0.5, 0.6) is 0 Å². The SMILES string of the molecule is CS[C@@]12CC3=COC=C[C@H](OC(C)=O)C3N1C(=O)[C@]1(SC)CC3=COC=C[C@H](O)C3N1C2=O. The van der Waals surface area contributed by atoms with Crippen molar-refractivity contribution in [2.24, 2.45) is 0 Å². The van der Waals surface area contributed by atoms with E-state index < -0.39 is 40.0 Å². The molecular weight excluding hydrogens is 468 g/mol. The quantitative estimate of drug-likeness (QED) is 0.586. The zero-order valence-electron chi connectivity index (χ0n) is 18.3. The van der Waals surface area contributed by atoms with Gasteiger partial charge in [0.1, 0.15) is 6.10 Å². The maximum atomic E-state index is 14.4. The standard InChI is InChI=1S/C22H24N2O7S2/c1-12(25)31-16-5-7-30-11-14-9-22(33-3)19(27)23-17-13(10-29-6-4-15(17)26)8-21(23,32-2)20(28)24(22)18(14)16/h4-7,10-11,15-18,26H,8-9H2,1-3H3/t15-,16-,17?,18?,21+,22+/m0/s1. The molecule has 5 aliphatic rings. The molecule has 0 aromatic rings. The number of piperazine rings is 1. The van der Waals surface area contributed by atoms with Crippen LogP contribution in [0.3, 0.4) is 0 Å². The summed E-state index contributed by atoms with van der Waals surface area (Å²) in [4.78, 5) is 41.2. The Morgan fingerprint density at radius 3 is 2.06 bits per heavy atom. The van der Waals surface area contributed by atoms with Gasteiger partial charge in [-0.25, -0.2) is 0 Å². The van der Waals surface area contributed by atoms with Crippen molar-refractivity contribution in [2.45, 2.75) is 53.8 Å². The summed E-state index contributed by atoms with van der Waals surface area (Å²) in [6.45, 7) is 1.31. The Kier molecular flexibility index (Phi) is 5.33. The third-order valence-corrected chi connectivity index (χ3v) is 9.22. The van der Waals surface area contributed by atoms with Crippen LogP contribution in [0, 0.1) is 0 Å². The third-order valence-electron chi connectivity index (χ3n) is 6.84. The summed E-state index contributed by atoms with van der Waals surface area (Å²) in [5, 5.41) is 10.9. The van der Waals surface area contributed by atoms with Crippen LogP contribution in [0.4, 0.5) is 0 Å². The number of aliphatic hydroxyl groups is 1. The highest BCUT2D eigenvalue weighted by Gasteiger charge is 2.72. The molecule has 0 aromatic heterocycles. The number of esters is 1. The lowest BCUT2D eigenvalue weighted by molar-refractivity contribution is -0.169. The van der Waals surface area contributed by atoms with E-state index in [0.717, 1.165) is 0 Å². The van der Waals surface area contributed by atoms with Gasteiger partial charge in [0.25, 0.3) is 11.8 Å². The molecule has 2 unspecified atom stereocenters. The van der Waals surface area contributed by atoms with Gasteiger partial charge in [-0.1, -0.05) is 0 Å². The van der Waals surface area contributed by atoms with Gasteiger partial charge < -0.3 is 29.1 Å². The van der Waals surface area contributed by atoms with Crippen LogP contribution < -0.4 is 0 Å². The first kappa shape index (κ1) is 22.4. The van der Waals surface area contributed by atoms with Crippen molar-refractivity contribution in [1.29, 1.82) is 0 Å². The number of nitrogens with zero attached hydrogens (tertiary/aromatic N) is 2. The first-order valence-corrected chi connectivity index (χ1v) is 12.9. The minimum atomic E-state index is -1.26. The van der Waals surface area contributed by atoms with Gasteiger partial charge in [0.2, 0.25) is 0 Å². The first-order valence-electron chi connectivity index (χ1n) is 10.5. The predicted molar refractivity (Wildman–Crippen MR) is 121 cm³/mol. The summed E-state index contributed by atoms with van der Waals surface area (Å²) >= 11 is 2.53. The second-order valence-electron chi connectivity index (χ2n) is 8.45. The number of carbonyl (C=O) groups is 3. The van der Waals surface area contributed by atoms with Gasteiger partial charge in [-0.2, -0.15) is 0 Å². The molecule has 1 N–H and O–H groups in total. The van der Waals surface area contributed by atoms with Crippen molar-refractivity contribution < 1.29 is 33.7 Å². The summed E-state index contributed by atoms with van der Waals surface area (Å²) in [7, 11) is 0. The van der Waals surface area contributed by atoms with Crippen LogP contribution in [0.2, 0.25) is 0 Å². The van der Waals surface area contributed by atoms with Crippen LogP contribution >= 0.6 is 23.5 Å². The number of aliphatic hydroxyl groups excluding tert-OH is 1. The Labute approximate surface area is 199 Å². The molecule has 5 heterocycles. The largest absolute Gasteiger partial charge is 0.473 e. The molecule has 0 radical (unpaired) electrons. The van der Waals surface area contributed by atoms with Crippen LogP contribution in [0.25, 0.3) is 0 Å². The zero-order chi connectivity index (χ0) is 23.5. The van der Waals surface area contributed by atoms with E-state index in [2.05, 4.69) is 0 Å². The monoisotopic (exact) mass is 492 g/mol. The lowest BCUT2D eigenvalue weighted by atomic mass is 10.0. The Hall–Kier alpha value is -2.37. The molecule has 3 saturated heterocycles. The molecule has 9 nitrogen and oxygen atoms in total. The van der Waals surface area contributed by atoms with Crippen molar-refractivity contribution in [1.82, 2.24) is 9.80 Å². The number of carbonyl (C=O) groups excluding carboxylic acids is 3. The van der Waals surface area contributed by atoms with E-state index in [9.17, 15) is 19.5 Å². The van der Waals surface area contributed by atoms with E-state index in [4.69, 9.17) is 14.2 Å². The van der Waals surface area contributed by atoms with E-state index in [1.807, 2.05) is 0 Å². The fraction of sp³-hybridized carbons (Fsp3) is 0.500. The minimum absolute atomic E-state index is 0.220. The van der Waals surface area contributed by atoms with Crippen molar-refractivity contribution >= 4 is 41.3 Å². The molecule has 5 rings (SSSR count). The predicted octanol–water partition coefficient (Wildman–Crippen LogP) is 1.47. The molecule has 0 bridgehead atoms. The number of amides is 2. The fourth-order valence-corrected chi connectivity index (χ4v) is 7.46. The van der Waals surface area contributed by atoms with E-state index in [-0.39, 0.29) is 24.7 Å². The van der Waals surface area contributed by atoms with Crippen molar-refractivity contribution in [3.05, 3.63) is 48.3 Å². The van der Waals surface area contributed by atoms with Gasteiger partial charge in [0.05, 0.1) is 43.2 Å². The molecule has 0 aromatic carbocycles. The molecule has 11 heteroatoms. The maximum Gasteiger partial charge on any atom is 0.303 e. The molecule has 0 saturated carbocycles. The lowest BCUT2D eigenvalue weighted by Crippen LogP contribution is -2.74. The second kappa shape index (κ2) is 7.85. The smallest absolute Gasteiger partial charge is 0.303 e. The average Bonchev–Trinajstić information content (AvgIpc) is 3.17. The van der Waals surface area contributed by atoms with Crippen LogP contribution in [0.1, 0.15) is 19.8 Å².